The minimum absolute atomic E-state index is 0.297. The Morgan fingerprint density at radius 1 is 1.38 bits per heavy atom. The summed E-state index contributed by atoms with van der Waals surface area (Å²) in [4.78, 5) is 16.1. The van der Waals surface area contributed by atoms with Gasteiger partial charge in [-0.3, -0.25) is 4.99 Å². The number of nitrogens with zero attached hydrogens (tertiary/aromatic N) is 3. The van der Waals surface area contributed by atoms with Gasteiger partial charge in [-0.1, -0.05) is 0 Å². The van der Waals surface area contributed by atoms with Crippen LogP contribution < -0.4 is 0 Å². The van der Waals surface area contributed by atoms with Crippen molar-refractivity contribution in [3.8, 4) is 0 Å². The fourth-order valence-electron chi connectivity index (χ4n) is 0.964. The average molecular weight is 252 g/mol. The first-order valence-corrected chi connectivity index (χ1v) is 6.17. The Balaban J connectivity index is 0. The van der Waals surface area contributed by atoms with Gasteiger partial charge in [0.05, 0.1) is 0 Å². The van der Waals surface area contributed by atoms with Gasteiger partial charge in [0.1, 0.15) is 6.61 Å². The van der Waals surface area contributed by atoms with Crippen LogP contribution in [0.2, 0.25) is 0 Å². The summed E-state index contributed by atoms with van der Waals surface area (Å²) in [5.41, 5.74) is 0. The molecule has 0 saturated heterocycles. The molecule has 0 aromatic heterocycles. The maximum Gasteiger partial charge on any atom is 0.694 e. The quantitative estimate of drug-likeness (QED) is 0.464. The first kappa shape index (κ1) is 17.7. The van der Waals surface area contributed by atoms with Gasteiger partial charge in [-0.2, -0.15) is 0 Å². The third-order valence-electron chi connectivity index (χ3n) is 1.66. The fraction of sp³-hybridized carbons (Fsp3) is 0.889. The molecule has 1 unspecified atom stereocenters. The van der Waals surface area contributed by atoms with Crippen LogP contribution in [0.1, 0.15) is 13.8 Å². The number of aliphatic imine (C=N–C) groups is 1. The molecular weight excluding hydrogens is 229 g/mol. The van der Waals surface area contributed by atoms with Crippen LogP contribution in [0, 0.1) is 0 Å². The van der Waals surface area contributed by atoms with Gasteiger partial charge < -0.3 is 9.80 Å². The minimum Gasteiger partial charge on any atom is -0.349 e. The van der Waals surface area contributed by atoms with Crippen LogP contribution in [0.15, 0.2) is 4.99 Å². The highest BCUT2D eigenvalue weighted by Crippen LogP contribution is 2.12. The van der Waals surface area contributed by atoms with Gasteiger partial charge in [0.25, 0.3) is 0 Å². The third kappa shape index (κ3) is 9.83. The van der Waals surface area contributed by atoms with E-state index in [1.54, 1.807) is 6.92 Å². The Kier molecular flexibility index (Phi) is 11.9. The molecule has 0 radical (unpaired) electrons. The van der Waals surface area contributed by atoms with Crippen molar-refractivity contribution in [2.75, 3.05) is 41.3 Å². The largest absolute Gasteiger partial charge is 0.694 e. The highest BCUT2D eigenvalue weighted by Gasteiger charge is 2.06. The van der Waals surface area contributed by atoms with Crippen LogP contribution in [-0.2, 0) is 9.09 Å². The molecule has 0 aliphatic carbocycles. The SMILES string of the molecule is CCN(C)C(=NC)N(C)C.CCO[P+](=O)O. The van der Waals surface area contributed by atoms with Crippen molar-refractivity contribution in [1.82, 2.24) is 9.80 Å². The van der Waals surface area contributed by atoms with Gasteiger partial charge in [0, 0.05) is 39.3 Å². The summed E-state index contributed by atoms with van der Waals surface area (Å²) in [6.45, 7) is 5.05. The standard InChI is InChI=1S/C7H17N3.C2H5O3P/c1-6-10(5)7(8-2)9(3)4;1-2-5-6(3)4/h6H2,1-5H3;2H2,1H3/p+1. The molecule has 6 nitrogen and oxygen atoms in total. The Morgan fingerprint density at radius 3 is 1.94 bits per heavy atom. The molecule has 7 heteroatoms. The first-order valence-electron chi connectivity index (χ1n) is 5.04. The molecule has 0 amide bonds. The fourth-order valence-corrected chi connectivity index (χ4v) is 1.18. The minimum atomic E-state index is -2.35. The van der Waals surface area contributed by atoms with Crippen molar-refractivity contribution in [3.05, 3.63) is 0 Å². The lowest BCUT2D eigenvalue weighted by Gasteiger charge is -2.24. The Labute approximate surface area is 98.9 Å². The predicted molar refractivity (Wildman–Crippen MR) is 66.8 cm³/mol. The molecule has 0 aromatic rings. The Bertz CT molecular complexity index is 222. The molecule has 1 N–H and O–H groups in total. The van der Waals surface area contributed by atoms with Crippen molar-refractivity contribution in [2.45, 2.75) is 13.8 Å². The molecule has 16 heavy (non-hydrogen) atoms. The summed E-state index contributed by atoms with van der Waals surface area (Å²) in [7, 11) is 5.48. The molecule has 0 rings (SSSR count). The van der Waals surface area contributed by atoms with E-state index in [0.717, 1.165) is 12.5 Å². The van der Waals surface area contributed by atoms with E-state index < -0.39 is 8.25 Å². The summed E-state index contributed by atoms with van der Waals surface area (Å²) in [5, 5.41) is 0. The second kappa shape index (κ2) is 10.8. The molecule has 0 aliphatic heterocycles. The zero-order chi connectivity index (χ0) is 13.1. The molecule has 0 aromatic carbocycles. The first-order chi connectivity index (χ1) is 7.40. The van der Waals surface area contributed by atoms with E-state index in [-0.39, 0.29) is 0 Å². The number of guanidine groups is 1. The second-order valence-electron chi connectivity index (χ2n) is 3.09. The van der Waals surface area contributed by atoms with Crippen molar-refractivity contribution < 1.29 is 14.0 Å². The summed E-state index contributed by atoms with van der Waals surface area (Å²) in [6, 6.07) is 0. The number of hydrogen-bond acceptors (Lipinski definition) is 3. The van der Waals surface area contributed by atoms with E-state index in [2.05, 4.69) is 21.3 Å². The molecular formula is C9H23N3O3P+. The Morgan fingerprint density at radius 2 is 1.88 bits per heavy atom. The topological polar surface area (TPSA) is 65.4 Å². The van der Waals surface area contributed by atoms with Gasteiger partial charge in [-0.05, 0) is 13.8 Å². The number of hydrogen-bond donors (Lipinski definition) is 1. The molecule has 96 valence electrons. The molecule has 0 aliphatic rings. The lowest BCUT2D eigenvalue weighted by Crippen LogP contribution is -2.37. The molecule has 0 heterocycles. The van der Waals surface area contributed by atoms with Crippen LogP contribution in [-0.4, -0.2) is 62.0 Å². The van der Waals surface area contributed by atoms with E-state index in [4.69, 9.17) is 4.89 Å². The van der Waals surface area contributed by atoms with Gasteiger partial charge in [-0.15, -0.1) is 9.42 Å². The summed E-state index contributed by atoms with van der Waals surface area (Å²) in [5.74, 6) is 1.02. The molecule has 0 fully saturated rings. The summed E-state index contributed by atoms with van der Waals surface area (Å²) in [6.07, 6.45) is 0. The molecule has 1 atom stereocenters. The molecule has 0 spiro atoms. The van der Waals surface area contributed by atoms with Crippen LogP contribution in [0.4, 0.5) is 0 Å². The van der Waals surface area contributed by atoms with E-state index in [9.17, 15) is 4.57 Å². The van der Waals surface area contributed by atoms with Crippen LogP contribution >= 0.6 is 8.25 Å². The van der Waals surface area contributed by atoms with Crippen molar-refractivity contribution in [2.24, 2.45) is 4.99 Å². The highest BCUT2D eigenvalue weighted by molar-refractivity contribution is 7.32. The van der Waals surface area contributed by atoms with Crippen molar-refractivity contribution in [1.29, 1.82) is 0 Å². The second-order valence-corrected chi connectivity index (χ2v) is 3.82. The zero-order valence-corrected chi connectivity index (χ0v) is 11.9. The van der Waals surface area contributed by atoms with E-state index in [0.29, 0.717) is 6.61 Å². The Hall–Kier alpha value is -0.710. The van der Waals surface area contributed by atoms with Crippen molar-refractivity contribution >= 4 is 14.2 Å². The number of rotatable bonds is 3. The van der Waals surface area contributed by atoms with Crippen LogP contribution in [0.3, 0.4) is 0 Å². The molecule has 0 bridgehead atoms. The third-order valence-corrected chi connectivity index (χ3v) is 2.13. The maximum absolute atomic E-state index is 9.53. The van der Waals surface area contributed by atoms with Crippen LogP contribution in [0.5, 0.6) is 0 Å². The maximum atomic E-state index is 9.53. The van der Waals surface area contributed by atoms with Gasteiger partial charge in [-0.25, -0.2) is 0 Å². The summed E-state index contributed by atoms with van der Waals surface area (Å²) < 4.78 is 13.6. The molecule has 0 saturated carbocycles. The average Bonchev–Trinajstić information content (AvgIpc) is 2.18. The highest BCUT2D eigenvalue weighted by atomic mass is 31.1. The monoisotopic (exact) mass is 252 g/mol. The van der Waals surface area contributed by atoms with E-state index in [1.807, 2.05) is 33.1 Å². The normalized spacial score (nSPS) is 11.4. The van der Waals surface area contributed by atoms with Crippen molar-refractivity contribution in [3.63, 3.8) is 0 Å². The van der Waals surface area contributed by atoms with Gasteiger partial charge in [0.15, 0.2) is 5.96 Å². The van der Waals surface area contributed by atoms with E-state index >= 15 is 0 Å². The van der Waals surface area contributed by atoms with Gasteiger partial charge >= 0.3 is 8.25 Å². The zero-order valence-electron chi connectivity index (χ0n) is 11.0. The van der Waals surface area contributed by atoms with Crippen LogP contribution in [0.25, 0.3) is 0 Å². The lowest BCUT2D eigenvalue weighted by atomic mass is 10.6. The summed E-state index contributed by atoms with van der Waals surface area (Å²) >= 11 is 0. The predicted octanol–water partition coefficient (Wildman–Crippen LogP) is 1.16. The van der Waals surface area contributed by atoms with Gasteiger partial charge in [0.2, 0.25) is 0 Å². The smallest absolute Gasteiger partial charge is 0.349 e. The van der Waals surface area contributed by atoms with E-state index in [1.165, 1.54) is 0 Å². The lowest BCUT2D eigenvalue weighted by molar-refractivity contribution is 0.297.